The Morgan fingerprint density at radius 1 is 1.59 bits per heavy atom. The number of ether oxygens (including phenoxy) is 1. The van der Waals surface area contributed by atoms with E-state index in [4.69, 9.17) is 10.5 Å². The predicted molar refractivity (Wildman–Crippen MR) is 69.1 cm³/mol. The molecule has 0 amide bonds. The number of nitrogens with two attached hydrogens (primary N) is 1. The van der Waals surface area contributed by atoms with Crippen molar-refractivity contribution in [2.45, 2.75) is 32.4 Å². The van der Waals surface area contributed by atoms with Crippen LogP contribution in [-0.2, 0) is 11.3 Å². The fourth-order valence-electron chi connectivity index (χ4n) is 2.34. The molecular weight excluding hydrogens is 214 g/mol. The van der Waals surface area contributed by atoms with Gasteiger partial charge in [0.05, 0.1) is 6.10 Å². The summed E-state index contributed by atoms with van der Waals surface area (Å²) in [6.45, 7) is 4.39. The summed E-state index contributed by atoms with van der Waals surface area (Å²) < 4.78 is 5.65. The standard InChI is InChI=1S/C13H21N3O/c1-10-5-6-15-13(12(10)8-14)16(2)9-11-4-3-7-17-11/h5-6,11H,3-4,7-9,14H2,1-2H3. The number of anilines is 1. The lowest BCUT2D eigenvalue weighted by molar-refractivity contribution is 0.116. The molecule has 4 heteroatoms. The van der Waals surface area contributed by atoms with E-state index < -0.39 is 0 Å². The van der Waals surface area contributed by atoms with Crippen molar-refractivity contribution in [2.24, 2.45) is 5.73 Å². The van der Waals surface area contributed by atoms with Crippen molar-refractivity contribution in [1.29, 1.82) is 0 Å². The number of aryl methyl sites for hydroxylation is 1. The van der Waals surface area contributed by atoms with Gasteiger partial charge in [-0.05, 0) is 31.4 Å². The summed E-state index contributed by atoms with van der Waals surface area (Å²) in [5.74, 6) is 0.989. The summed E-state index contributed by atoms with van der Waals surface area (Å²) in [5, 5.41) is 0. The minimum Gasteiger partial charge on any atom is -0.376 e. The van der Waals surface area contributed by atoms with E-state index >= 15 is 0 Å². The van der Waals surface area contributed by atoms with Crippen molar-refractivity contribution in [2.75, 3.05) is 25.1 Å². The summed E-state index contributed by atoms with van der Waals surface area (Å²) in [7, 11) is 2.06. The first kappa shape index (κ1) is 12.3. The van der Waals surface area contributed by atoms with E-state index in [9.17, 15) is 0 Å². The summed E-state index contributed by atoms with van der Waals surface area (Å²) in [6.07, 6.45) is 4.50. The Kier molecular flexibility index (Phi) is 3.97. The van der Waals surface area contributed by atoms with Crippen molar-refractivity contribution in [3.63, 3.8) is 0 Å². The molecule has 1 aliphatic heterocycles. The molecule has 0 aromatic carbocycles. The fraction of sp³-hybridized carbons (Fsp3) is 0.615. The van der Waals surface area contributed by atoms with Crippen LogP contribution in [0.15, 0.2) is 12.3 Å². The largest absolute Gasteiger partial charge is 0.376 e. The first-order valence-electron chi connectivity index (χ1n) is 6.19. The van der Waals surface area contributed by atoms with Crippen LogP contribution in [0.1, 0.15) is 24.0 Å². The van der Waals surface area contributed by atoms with Crippen LogP contribution in [0.3, 0.4) is 0 Å². The van der Waals surface area contributed by atoms with E-state index in [-0.39, 0.29) is 0 Å². The molecule has 0 aliphatic carbocycles. The van der Waals surface area contributed by atoms with E-state index in [1.807, 2.05) is 12.3 Å². The van der Waals surface area contributed by atoms with Crippen molar-refractivity contribution in [1.82, 2.24) is 4.98 Å². The minimum atomic E-state index is 0.341. The third kappa shape index (κ3) is 2.76. The molecule has 2 heterocycles. The molecule has 2 rings (SSSR count). The van der Waals surface area contributed by atoms with Gasteiger partial charge in [-0.25, -0.2) is 4.98 Å². The Morgan fingerprint density at radius 3 is 3.06 bits per heavy atom. The Morgan fingerprint density at radius 2 is 2.41 bits per heavy atom. The normalized spacial score (nSPS) is 19.6. The molecule has 4 nitrogen and oxygen atoms in total. The molecule has 0 spiro atoms. The van der Waals surface area contributed by atoms with Crippen LogP contribution in [0.2, 0.25) is 0 Å². The van der Waals surface area contributed by atoms with Crippen LogP contribution in [0.4, 0.5) is 5.82 Å². The quantitative estimate of drug-likeness (QED) is 0.858. The Balaban J connectivity index is 2.12. The van der Waals surface area contributed by atoms with E-state index in [1.54, 1.807) is 0 Å². The summed E-state index contributed by atoms with van der Waals surface area (Å²) in [6, 6.07) is 2.01. The number of hydrogen-bond donors (Lipinski definition) is 1. The summed E-state index contributed by atoms with van der Waals surface area (Å²) >= 11 is 0. The van der Waals surface area contributed by atoms with Gasteiger partial charge in [0, 0.05) is 38.5 Å². The molecule has 0 saturated carbocycles. The molecule has 1 saturated heterocycles. The number of aromatic nitrogens is 1. The first-order valence-corrected chi connectivity index (χ1v) is 6.19. The third-order valence-corrected chi connectivity index (χ3v) is 3.33. The van der Waals surface area contributed by atoms with Gasteiger partial charge in [-0.1, -0.05) is 0 Å². The minimum absolute atomic E-state index is 0.341. The number of hydrogen-bond acceptors (Lipinski definition) is 4. The van der Waals surface area contributed by atoms with E-state index in [0.29, 0.717) is 12.6 Å². The number of likely N-dealkylation sites (N-methyl/N-ethyl adjacent to an activating group) is 1. The molecule has 94 valence electrons. The van der Waals surface area contributed by atoms with Crippen LogP contribution in [0.25, 0.3) is 0 Å². The maximum Gasteiger partial charge on any atom is 0.133 e. The van der Waals surface area contributed by atoms with Crippen molar-refractivity contribution >= 4 is 5.82 Å². The fourth-order valence-corrected chi connectivity index (χ4v) is 2.34. The highest BCUT2D eigenvalue weighted by Gasteiger charge is 2.19. The van der Waals surface area contributed by atoms with Crippen LogP contribution < -0.4 is 10.6 Å². The molecule has 1 aromatic rings. The van der Waals surface area contributed by atoms with Gasteiger partial charge in [-0.2, -0.15) is 0 Å². The first-order chi connectivity index (χ1) is 8.22. The van der Waals surface area contributed by atoms with Crippen molar-refractivity contribution in [3.05, 3.63) is 23.4 Å². The van der Waals surface area contributed by atoms with Crippen LogP contribution in [-0.4, -0.2) is 31.3 Å². The zero-order valence-corrected chi connectivity index (χ0v) is 10.6. The smallest absolute Gasteiger partial charge is 0.133 e. The second kappa shape index (κ2) is 5.47. The molecule has 17 heavy (non-hydrogen) atoms. The van der Waals surface area contributed by atoms with Gasteiger partial charge >= 0.3 is 0 Å². The van der Waals surface area contributed by atoms with Gasteiger partial charge in [-0.15, -0.1) is 0 Å². The Labute approximate surface area is 103 Å². The maximum atomic E-state index is 5.80. The lowest BCUT2D eigenvalue weighted by Gasteiger charge is -2.24. The third-order valence-electron chi connectivity index (χ3n) is 3.33. The van der Waals surface area contributed by atoms with Gasteiger partial charge in [0.2, 0.25) is 0 Å². The Bertz CT molecular complexity index is 375. The van der Waals surface area contributed by atoms with Gasteiger partial charge in [0.25, 0.3) is 0 Å². The molecule has 1 unspecified atom stereocenters. The highest BCUT2D eigenvalue weighted by Crippen LogP contribution is 2.21. The molecule has 0 radical (unpaired) electrons. The molecule has 2 N–H and O–H groups in total. The molecule has 0 bridgehead atoms. The SMILES string of the molecule is Cc1ccnc(N(C)CC2CCCO2)c1CN. The van der Waals surface area contributed by atoms with E-state index in [1.165, 1.54) is 12.0 Å². The molecule has 1 aliphatic rings. The molecular formula is C13H21N3O. The second-order valence-electron chi connectivity index (χ2n) is 4.65. The van der Waals surface area contributed by atoms with Gasteiger partial charge < -0.3 is 15.4 Å². The van der Waals surface area contributed by atoms with E-state index in [0.717, 1.165) is 31.0 Å². The lowest BCUT2D eigenvalue weighted by atomic mass is 10.1. The monoisotopic (exact) mass is 235 g/mol. The highest BCUT2D eigenvalue weighted by molar-refractivity contribution is 5.49. The van der Waals surface area contributed by atoms with Gasteiger partial charge in [-0.3, -0.25) is 0 Å². The Hall–Kier alpha value is -1.13. The second-order valence-corrected chi connectivity index (χ2v) is 4.65. The number of pyridine rings is 1. The van der Waals surface area contributed by atoms with Crippen LogP contribution in [0.5, 0.6) is 0 Å². The predicted octanol–water partition coefficient (Wildman–Crippen LogP) is 1.46. The number of rotatable bonds is 4. The topological polar surface area (TPSA) is 51.4 Å². The van der Waals surface area contributed by atoms with E-state index in [2.05, 4.69) is 23.9 Å². The molecule has 1 fully saturated rings. The zero-order chi connectivity index (χ0) is 12.3. The van der Waals surface area contributed by atoms with Crippen molar-refractivity contribution in [3.8, 4) is 0 Å². The van der Waals surface area contributed by atoms with Crippen LogP contribution >= 0.6 is 0 Å². The summed E-state index contributed by atoms with van der Waals surface area (Å²) in [4.78, 5) is 6.60. The molecule has 1 atom stereocenters. The average Bonchev–Trinajstić information content (AvgIpc) is 2.81. The van der Waals surface area contributed by atoms with Gasteiger partial charge in [0.15, 0.2) is 0 Å². The van der Waals surface area contributed by atoms with Crippen LogP contribution in [0, 0.1) is 6.92 Å². The summed E-state index contributed by atoms with van der Waals surface area (Å²) in [5.41, 5.74) is 8.14. The highest BCUT2D eigenvalue weighted by atomic mass is 16.5. The van der Waals surface area contributed by atoms with Gasteiger partial charge in [0.1, 0.15) is 5.82 Å². The number of nitrogens with zero attached hydrogens (tertiary/aromatic N) is 2. The maximum absolute atomic E-state index is 5.80. The molecule has 1 aromatic heterocycles. The average molecular weight is 235 g/mol. The van der Waals surface area contributed by atoms with Crippen molar-refractivity contribution < 1.29 is 4.74 Å². The zero-order valence-electron chi connectivity index (χ0n) is 10.6. The lowest BCUT2D eigenvalue weighted by Crippen LogP contribution is -2.30.